The Hall–Kier alpha value is -1.19. The van der Waals surface area contributed by atoms with Gasteiger partial charge >= 0.3 is 0 Å². The first-order chi connectivity index (χ1) is 8.72. The van der Waals surface area contributed by atoms with Gasteiger partial charge in [-0.3, -0.25) is 0 Å². The minimum Gasteiger partial charge on any atom is -0.327 e. The summed E-state index contributed by atoms with van der Waals surface area (Å²) in [7, 11) is 0. The Labute approximate surface area is 112 Å². The quantitative estimate of drug-likeness (QED) is 0.915. The third kappa shape index (κ3) is 2.33. The summed E-state index contributed by atoms with van der Waals surface area (Å²) >= 11 is 1.71. The summed E-state index contributed by atoms with van der Waals surface area (Å²) in [6.45, 7) is 2.04. The van der Waals surface area contributed by atoms with Gasteiger partial charge in [0.05, 0.1) is 10.7 Å². The van der Waals surface area contributed by atoms with Crippen LogP contribution in [0.3, 0.4) is 0 Å². The van der Waals surface area contributed by atoms with Gasteiger partial charge in [-0.05, 0) is 36.8 Å². The van der Waals surface area contributed by atoms with Gasteiger partial charge in [0, 0.05) is 17.8 Å². The zero-order valence-electron chi connectivity index (χ0n) is 10.6. The molecule has 1 aliphatic rings. The van der Waals surface area contributed by atoms with Gasteiger partial charge < -0.3 is 5.73 Å². The summed E-state index contributed by atoms with van der Waals surface area (Å²) in [6, 6.07) is 8.93. The summed E-state index contributed by atoms with van der Waals surface area (Å²) in [4.78, 5) is 4.48. The molecule has 1 aliphatic carbocycles. The van der Waals surface area contributed by atoms with E-state index in [1.807, 2.05) is 6.92 Å². The lowest BCUT2D eigenvalue weighted by molar-refractivity contribution is 0.482. The number of benzene rings is 1. The molecule has 0 saturated carbocycles. The van der Waals surface area contributed by atoms with E-state index in [1.165, 1.54) is 17.5 Å². The molecule has 0 saturated heterocycles. The van der Waals surface area contributed by atoms with Gasteiger partial charge in [0.15, 0.2) is 0 Å². The highest BCUT2D eigenvalue weighted by molar-refractivity contribution is 7.09. The molecule has 0 bridgehead atoms. The molecule has 2 atom stereocenters. The van der Waals surface area contributed by atoms with Crippen LogP contribution in [-0.4, -0.2) is 11.0 Å². The number of thiazole rings is 1. The second-order valence-electron chi connectivity index (χ2n) is 5.16. The largest absolute Gasteiger partial charge is 0.327 e. The highest BCUT2D eigenvalue weighted by atomic mass is 32.1. The predicted molar refractivity (Wildman–Crippen MR) is 76.0 cm³/mol. The van der Waals surface area contributed by atoms with Crippen LogP contribution in [-0.2, 0) is 12.8 Å². The van der Waals surface area contributed by atoms with Crippen molar-refractivity contribution in [3.05, 3.63) is 51.5 Å². The Morgan fingerprint density at radius 3 is 3.00 bits per heavy atom. The fourth-order valence-corrected chi connectivity index (χ4v) is 3.42. The average molecular weight is 258 g/mol. The molecule has 1 aromatic carbocycles. The molecule has 18 heavy (non-hydrogen) atoms. The Bertz CT molecular complexity index is 547. The van der Waals surface area contributed by atoms with Gasteiger partial charge in [-0.15, -0.1) is 11.3 Å². The van der Waals surface area contributed by atoms with Gasteiger partial charge in [0.1, 0.15) is 0 Å². The summed E-state index contributed by atoms with van der Waals surface area (Å²) in [5.41, 5.74) is 10.4. The molecule has 2 unspecified atom stereocenters. The number of hydrogen-bond acceptors (Lipinski definition) is 3. The lowest BCUT2D eigenvalue weighted by atomic mass is 9.74. The van der Waals surface area contributed by atoms with E-state index in [-0.39, 0.29) is 6.04 Å². The minimum absolute atomic E-state index is 0.227. The number of nitrogens with zero attached hydrogens (tertiary/aromatic N) is 1. The molecular formula is C15H18N2S. The SMILES string of the molecule is Cc1nc(CC(N)CC2Cc3ccccc32)cs1. The van der Waals surface area contributed by atoms with Crippen LogP contribution >= 0.6 is 11.3 Å². The number of rotatable bonds is 4. The maximum Gasteiger partial charge on any atom is 0.0897 e. The molecule has 3 heteroatoms. The molecule has 0 spiro atoms. The summed E-state index contributed by atoms with van der Waals surface area (Å²) < 4.78 is 0. The van der Waals surface area contributed by atoms with Crippen LogP contribution in [0.5, 0.6) is 0 Å². The van der Waals surface area contributed by atoms with Crippen molar-refractivity contribution in [2.24, 2.45) is 5.73 Å². The van der Waals surface area contributed by atoms with E-state index >= 15 is 0 Å². The fraction of sp³-hybridized carbons (Fsp3) is 0.400. The first-order valence-electron chi connectivity index (χ1n) is 6.47. The van der Waals surface area contributed by atoms with Crippen LogP contribution in [0.2, 0.25) is 0 Å². The van der Waals surface area contributed by atoms with Crippen molar-refractivity contribution in [2.75, 3.05) is 0 Å². The van der Waals surface area contributed by atoms with Crippen molar-refractivity contribution in [2.45, 2.75) is 38.1 Å². The predicted octanol–water partition coefficient (Wildman–Crippen LogP) is 3.05. The van der Waals surface area contributed by atoms with E-state index in [2.05, 4.69) is 34.6 Å². The van der Waals surface area contributed by atoms with Crippen molar-refractivity contribution in [3.63, 3.8) is 0 Å². The fourth-order valence-electron chi connectivity index (χ4n) is 2.79. The zero-order chi connectivity index (χ0) is 12.5. The van der Waals surface area contributed by atoms with Gasteiger partial charge in [0.2, 0.25) is 0 Å². The first-order valence-corrected chi connectivity index (χ1v) is 7.34. The normalized spacial score (nSPS) is 19.1. The van der Waals surface area contributed by atoms with Gasteiger partial charge in [-0.25, -0.2) is 4.98 Å². The molecule has 1 heterocycles. The van der Waals surface area contributed by atoms with E-state index in [4.69, 9.17) is 5.73 Å². The van der Waals surface area contributed by atoms with Crippen LogP contribution in [0.1, 0.15) is 34.2 Å². The summed E-state index contributed by atoms with van der Waals surface area (Å²) in [5, 5.41) is 3.26. The molecular weight excluding hydrogens is 240 g/mol. The first kappa shape index (κ1) is 11.9. The van der Waals surface area contributed by atoms with Crippen molar-refractivity contribution in [1.82, 2.24) is 4.98 Å². The smallest absolute Gasteiger partial charge is 0.0897 e. The topological polar surface area (TPSA) is 38.9 Å². The lowest BCUT2D eigenvalue weighted by Crippen LogP contribution is -2.29. The monoisotopic (exact) mass is 258 g/mol. The van der Waals surface area contributed by atoms with Crippen molar-refractivity contribution < 1.29 is 0 Å². The standard InChI is InChI=1S/C15H18N2S/c1-10-17-14(9-18-10)8-13(16)7-12-6-11-4-2-3-5-15(11)12/h2-5,9,12-13H,6-8,16H2,1H3. The lowest BCUT2D eigenvalue weighted by Gasteiger charge is -2.31. The number of fused-ring (bicyclic) bond motifs is 1. The van der Waals surface area contributed by atoms with Crippen LogP contribution < -0.4 is 5.73 Å². The van der Waals surface area contributed by atoms with Gasteiger partial charge in [-0.1, -0.05) is 24.3 Å². The molecule has 2 N–H and O–H groups in total. The van der Waals surface area contributed by atoms with E-state index in [1.54, 1.807) is 11.3 Å². The van der Waals surface area contributed by atoms with Crippen molar-refractivity contribution in [3.8, 4) is 0 Å². The molecule has 0 aliphatic heterocycles. The maximum atomic E-state index is 6.25. The van der Waals surface area contributed by atoms with Crippen molar-refractivity contribution >= 4 is 11.3 Å². The molecule has 0 radical (unpaired) electrons. The zero-order valence-corrected chi connectivity index (χ0v) is 11.4. The number of hydrogen-bond donors (Lipinski definition) is 1. The molecule has 94 valence electrons. The molecule has 0 fully saturated rings. The van der Waals surface area contributed by atoms with E-state index in [0.29, 0.717) is 5.92 Å². The Morgan fingerprint density at radius 1 is 1.44 bits per heavy atom. The summed E-state index contributed by atoms with van der Waals surface area (Å²) in [5.74, 6) is 0.663. The van der Waals surface area contributed by atoms with Crippen LogP contribution in [0.15, 0.2) is 29.6 Å². The highest BCUT2D eigenvalue weighted by Crippen LogP contribution is 2.37. The highest BCUT2D eigenvalue weighted by Gasteiger charge is 2.27. The third-order valence-corrected chi connectivity index (χ3v) is 4.51. The van der Waals surface area contributed by atoms with Crippen molar-refractivity contribution in [1.29, 1.82) is 0 Å². The molecule has 2 nitrogen and oxygen atoms in total. The van der Waals surface area contributed by atoms with Crippen LogP contribution in [0.25, 0.3) is 0 Å². The second kappa shape index (κ2) is 4.82. The van der Waals surface area contributed by atoms with E-state index in [9.17, 15) is 0 Å². The van der Waals surface area contributed by atoms with Gasteiger partial charge in [0.25, 0.3) is 0 Å². The van der Waals surface area contributed by atoms with Gasteiger partial charge in [-0.2, -0.15) is 0 Å². The Morgan fingerprint density at radius 2 is 2.28 bits per heavy atom. The molecule has 1 aromatic heterocycles. The number of aromatic nitrogens is 1. The summed E-state index contributed by atoms with van der Waals surface area (Å²) in [6.07, 6.45) is 3.18. The molecule has 0 amide bonds. The maximum absolute atomic E-state index is 6.25. The average Bonchev–Trinajstić information content (AvgIpc) is 2.72. The number of nitrogens with two attached hydrogens (primary N) is 1. The number of aryl methyl sites for hydroxylation is 1. The Balaban J connectivity index is 1.58. The molecule has 3 rings (SSSR count). The van der Waals surface area contributed by atoms with E-state index < -0.39 is 0 Å². The minimum atomic E-state index is 0.227. The van der Waals surface area contributed by atoms with E-state index in [0.717, 1.165) is 23.5 Å². The second-order valence-corrected chi connectivity index (χ2v) is 6.22. The van der Waals surface area contributed by atoms with Crippen LogP contribution in [0.4, 0.5) is 0 Å². The third-order valence-electron chi connectivity index (χ3n) is 3.69. The van der Waals surface area contributed by atoms with Crippen LogP contribution in [0, 0.1) is 6.92 Å². The Kier molecular flexibility index (Phi) is 3.18. The molecule has 2 aromatic rings.